The van der Waals surface area contributed by atoms with Gasteiger partial charge in [-0.05, 0) is 37.1 Å². The zero-order chi connectivity index (χ0) is 19.0. The number of hydrogen-bond acceptors (Lipinski definition) is 5. The van der Waals surface area contributed by atoms with Crippen LogP contribution in [0.2, 0.25) is 0 Å². The summed E-state index contributed by atoms with van der Waals surface area (Å²) >= 11 is 0. The van der Waals surface area contributed by atoms with Crippen LogP contribution in [0, 0.1) is 25.2 Å². The largest absolute Gasteiger partial charge is 0.383 e. The third-order valence-corrected chi connectivity index (χ3v) is 5.36. The molecule has 0 radical (unpaired) electrons. The number of benzene rings is 1. The van der Waals surface area contributed by atoms with Crippen LogP contribution in [0.5, 0.6) is 0 Å². The normalized spacial score (nSPS) is 13.1. The van der Waals surface area contributed by atoms with Crippen molar-refractivity contribution in [3.63, 3.8) is 0 Å². The van der Waals surface area contributed by atoms with Gasteiger partial charge in [0.15, 0.2) is 0 Å². The fourth-order valence-corrected chi connectivity index (χ4v) is 3.81. The van der Waals surface area contributed by atoms with Crippen molar-refractivity contribution >= 4 is 11.5 Å². The lowest BCUT2D eigenvalue weighted by atomic mass is 9.91. The molecule has 5 heteroatoms. The van der Waals surface area contributed by atoms with Crippen LogP contribution in [0.1, 0.15) is 27.9 Å². The molecule has 5 nitrogen and oxygen atoms in total. The fourth-order valence-electron chi connectivity index (χ4n) is 3.81. The first kappa shape index (κ1) is 17.0. The van der Waals surface area contributed by atoms with Crippen LogP contribution in [0.25, 0.3) is 11.1 Å². The van der Waals surface area contributed by atoms with Gasteiger partial charge >= 0.3 is 0 Å². The van der Waals surface area contributed by atoms with Gasteiger partial charge in [-0.1, -0.05) is 18.2 Å². The number of nitriles is 1. The Balaban J connectivity index is 1.88. The molecule has 0 atom stereocenters. The summed E-state index contributed by atoms with van der Waals surface area (Å²) in [7, 11) is 0. The highest BCUT2D eigenvalue weighted by molar-refractivity contribution is 5.79. The Morgan fingerprint density at radius 1 is 1.19 bits per heavy atom. The maximum Gasteiger partial charge on any atom is 0.142 e. The number of anilines is 2. The lowest BCUT2D eigenvalue weighted by Crippen LogP contribution is -2.32. The number of pyridine rings is 2. The lowest BCUT2D eigenvalue weighted by Gasteiger charge is -2.33. The van der Waals surface area contributed by atoms with Gasteiger partial charge < -0.3 is 10.6 Å². The van der Waals surface area contributed by atoms with Crippen molar-refractivity contribution in [1.82, 2.24) is 9.97 Å². The number of aryl methyl sites for hydroxylation is 1. The summed E-state index contributed by atoms with van der Waals surface area (Å²) in [6, 6.07) is 12.5. The van der Waals surface area contributed by atoms with Gasteiger partial charge in [-0.3, -0.25) is 4.98 Å². The van der Waals surface area contributed by atoms with Crippen molar-refractivity contribution in [2.75, 3.05) is 17.2 Å². The Labute approximate surface area is 159 Å². The van der Waals surface area contributed by atoms with Gasteiger partial charge in [-0.2, -0.15) is 5.26 Å². The molecule has 0 amide bonds. The van der Waals surface area contributed by atoms with Gasteiger partial charge in [-0.15, -0.1) is 0 Å². The molecule has 0 bridgehead atoms. The molecular formula is C22H21N5. The Morgan fingerprint density at radius 3 is 2.78 bits per heavy atom. The zero-order valence-corrected chi connectivity index (χ0v) is 15.5. The molecule has 2 N–H and O–H groups in total. The molecule has 0 fully saturated rings. The van der Waals surface area contributed by atoms with E-state index in [2.05, 4.69) is 53.0 Å². The van der Waals surface area contributed by atoms with Gasteiger partial charge in [-0.25, -0.2) is 4.98 Å². The molecule has 0 unspecified atom stereocenters. The van der Waals surface area contributed by atoms with E-state index in [0.29, 0.717) is 17.9 Å². The molecule has 1 aromatic carbocycles. The maximum atomic E-state index is 9.72. The molecule has 3 aromatic rings. The van der Waals surface area contributed by atoms with Gasteiger partial charge in [0.1, 0.15) is 17.5 Å². The quantitative estimate of drug-likeness (QED) is 0.757. The lowest BCUT2D eigenvalue weighted by molar-refractivity contribution is 0.712. The molecule has 27 heavy (non-hydrogen) atoms. The van der Waals surface area contributed by atoms with Crippen molar-refractivity contribution in [2.24, 2.45) is 0 Å². The number of nitrogens with zero attached hydrogens (tertiary/aromatic N) is 4. The third kappa shape index (κ3) is 2.89. The van der Waals surface area contributed by atoms with E-state index in [-0.39, 0.29) is 0 Å². The van der Waals surface area contributed by atoms with Crippen LogP contribution >= 0.6 is 0 Å². The molecule has 4 rings (SSSR count). The van der Waals surface area contributed by atoms with E-state index in [9.17, 15) is 5.26 Å². The molecule has 0 saturated carbocycles. The average Bonchev–Trinajstić information content (AvgIpc) is 2.69. The minimum atomic E-state index is 0.301. The number of nitrogen functional groups attached to an aromatic ring is 1. The van der Waals surface area contributed by atoms with Crippen LogP contribution in [0.3, 0.4) is 0 Å². The highest BCUT2D eigenvalue weighted by atomic mass is 15.1. The number of nitrogens with two attached hydrogens (primary N) is 1. The topological polar surface area (TPSA) is 78.8 Å². The molecule has 0 spiro atoms. The fraction of sp³-hybridized carbons (Fsp3) is 0.227. The minimum Gasteiger partial charge on any atom is -0.383 e. The van der Waals surface area contributed by atoms with E-state index in [1.54, 1.807) is 12.4 Å². The van der Waals surface area contributed by atoms with Crippen LogP contribution in [-0.4, -0.2) is 16.5 Å². The second-order valence-electron chi connectivity index (χ2n) is 6.92. The second kappa shape index (κ2) is 6.73. The predicted octanol–water partition coefficient (Wildman–Crippen LogP) is 3.78. The molecule has 1 aliphatic rings. The average molecular weight is 355 g/mol. The smallest absolute Gasteiger partial charge is 0.142 e. The number of rotatable bonds is 2. The Hall–Kier alpha value is -3.39. The number of fused-ring (bicyclic) bond motifs is 1. The summed E-state index contributed by atoms with van der Waals surface area (Å²) in [4.78, 5) is 11.1. The summed E-state index contributed by atoms with van der Waals surface area (Å²) in [6.45, 7) is 5.87. The summed E-state index contributed by atoms with van der Waals surface area (Å²) in [5, 5.41) is 9.72. The minimum absolute atomic E-state index is 0.301. The highest BCUT2D eigenvalue weighted by Crippen LogP contribution is 2.36. The van der Waals surface area contributed by atoms with Crippen molar-refractivity contribution in [3.05, 3.63) is 70.7 Å². The number of aromatic nitrogens is 2. The summed E-state index contributed by atoms with van der Waals surface area (Å²) < 4.78 is 0. The SMILES string of the molecule is Cc1cccc(N2CCc3nc(N)c(C#N)c(-c4cccnc4)c3C2)c1C. The van der Waals surface area contributed by atoms with E-state index in [1.165, 1.54) is 16.8 Å². The summed E-state index contributed by atoms with van der Waals surface area (Å²) in [5.74, 6) is 0.301. The van der Waals surface area contributed by atoms with E-state index >= 15 is 0 Å². The van der Waals surface area contributed by atoms with Crippen molar-refractivity contribution in [1.29, 1.82) is 5.26 Å². The molecule has 2 aromatic heterocycles. The Bertz CT molecular complexity index is 1050. The second-order valence-corrected chi connectivity index (χ2v) is 6.92. The number of hydrogen-bond donors (Lipinski definition) is 1. The molecule has 0 saturated heterocycles. The maximum absolute atomic E-state index is 9.72. The first-order valence-corrected chi connectivity index (χ1v) is 9.03. The van der Waals surface area contributed by atoms with Gasteiger partial charge in [0.25, 0.3) is 0 Å². The first-order chi connectivity index (χ1) is 13.1. The van der Waals surface area contributed by atoms with Crippen molar-refractivity contribution in [2.45, 2.75) is 26.8 Å². The molecule has 3 heterocycles. The predicted molar refractivity (Wildman–Crippen MR) is 107 cm³/mol. The van der Waals surface area contributed by atoms with Gasteiger partial charge in [0, 0.05) is 54.3 Å². The third-order valence-electron chi connectivity index (χ3n) is 5.36. The molecular weight excluding hydrogens is 334 g/mol. The van der Waals surface area contributed by atoms with Crippen LogP contribution in [0.4, 0.5) is 11.5 Å². The van der Waals surface area contributed by atoms with Crippen LogP contribution < -0.4 is 10.6 Å². The van der Waals surface area contributed by atoms with Crippen molar-refractivity contribution < 1.29 is 0 Å². The van der Waals surface area contributed by atoms with E-state index in [4.69, 9.17) is 5.73 Å². The van der Waals surface area contributed by atoms with Crippen LogP contribution in [-0.2, 0) is 13.0 Å². The molecule has 0 aliphatic carbocycles. The van der Waals surface area contributed by atoms with Crippen LogP contribution in [0.15, 0.2) is 42.7 Å². The van der Waals surface area contributed by atoms with Gasteiger partial charge in [0.05, 0.1) is 5.69 Å². The van der Waals surface area contributed by atoms with E-state index in [0.717, 1.165) is 35.3 Å². The summed E-state index contributed by atoms with van der Waals surface area (Å²) in [6.07, 6.45) is 4.31. The van der Waals surface area contributed by atoms with E-state index < -0.39 is 0 Å². The van der Waals surface area contributed by atoms with Crippen molar-refractivity contribution in [3.8, 4) is 17.2 Å². The highest BCUT2D eigenvalue weighted by Gasteiger charge is 2.26. The monoisotopic (exact) mass is 355 g/mol. The van der Waals surface area contributed by atoms with Gasteiger partial charge in [0.2, 0.25) is 0 Å². The Kier molecular flexibility index (Phi) is 4.25. The first-order valence-electron chi connectivity index (χ1n) is 9.03. The standard InChI is InChI=1S/C22H21N5/c1-14-5-3-7-20(15(14)2)27-10-8-19-18(13-27)21(16-6-4-9-25-12-16)17(11-23)22(24)26-19/h3-7,9,12H,8,10,13H2,1-2H3,(H2,24,26). The Morgan fingerprint density at radius 2 is 2.04 bits per heavy atom. The summed E-state index contributed by atoms with van der Waals surface area (Å²) in [5.41, 5.74) is 14.2. The van der Waals surface area contributed by atoms with E-state index in [1.807, 2.05) is 12.1 Å². The molecule has 1 aliphatic heterocycles. The molecule has 134 valence electrons. The zero-order valence-electron chi connectivity index (χ0n) is 15.5.